The normalized spacial score (nSPS) is 15.7. The molecule has 8 heteroatoms. The molecule has 0 aromatic heterocycles. The maximum Gasteiger partial charge on any atom is 0.293 e. The van der Waals surface area contributed by atoms with Gasteiger partial charge in [-0.1, -0.05) is 46.9 Å². The minimum atomic E-state index is -0.397. The van der Waals surface area contributed by atoms with Crippen LogP contribution in [0, 0.1) is 0 Å². The summed E-state index contributed by atoms with van der Waals surface area (Å²) >= 11 is 19.3. The van der Waals surface area contributed by atoms with E-state index in [1.807, 2.05) is 6.92 Å². The number of benzene rings is 2. The van der Waals surface area contributed by atoms with Gasteiger partial charge in [-0.2, -0.15) is 0 Å². The quantitative estimate of drug-likeness (QED) is 0.511. The largest absolute Gasteiger partial charge is 0.492 e. The fraction of sp³-hybridized carbons (Fsp3) is 0.158. The van der Waals surface area contributed by atoms with Gasteiger partial charge in [0.2, 0.25) is 0 Å². The van der Waals surface area contributed by atoms with Crippen molar-refractivity contribution in [1.29, 1.82) is 0 Å². The molecular weight excluding hydrogens is 429 g/mol. The monoisotopic (exact) mass is 441 g/mol. The number of nitrogens with zero attached hydrogens (tertiary/aromatic N) is 1. The van der Waals surface area contributed by atoms with E-state index in [1.54, 1.807) is 42.5 Å². The Morgan fingerprint density at radius 1 is 1.07 bits per heavy atom. The van der Waals surface area contributed by atoms with Crippen LogP contribution in [-0.4, -0.2) is 22.7 Å². The van der Waals surface area contributed by atoms with Crippen LogP contribution in [0.2, 0.25) is 15.1 Å². The molecule has 1 aliphatic rings. The van der Waals surface area contributed by atoms with Crippen LogP contribution >= 0.6 is 46.6 Å². The Kier molecular flexibility index (Phi) is 6.37. The third-order valence-electron chi connectivity index (χ3n) is 3.81. The zero-order chi connectivity index (χ0) is 19.6. The fourth-order valence-corrected chi connectivity index (χ4v) is 4.11. The minimum absolute atomic E-state index is 0.0184. The molecule has 1 aliphatic heterocycles. The molecule has 0 unspecified atom stereocenters. The van der Waals surface area contributed by atoms with Gasteiger partial charge in [0, 0.05) is 15.6 Å². The van der Waals surface area contributed by atoms with Gasteiger partial charge in [0.05, 0.1) is 23.1 Å². The van der Waals surface area contributed by atoms with Gasteiger partial charge < -0.3 is 4.74 Å². The Morgan fingerprint density at radius 3 is 2.41 bits per heavy atom. The predicted molar refractivity (Wildman–Crippen MR) is 111 cm³/mol. The van der Waals surface area contributed by atoms with Crippen LogP contribution in [0.25, 0.3) is 6.08 Å². The Bertz CT molecular complexity index is 926. The lowest BCUT2D eigenvalue weighted by Gasteiger charge is -2.14. The topological polar surface area (TPSA) is 46.6 Å². The molecule has 1 saturated heterocycles. The van der Waals surface area contributed by atoms with Crippen molar-refractivity contribution < 1.29 is 14.3 Å². The van der Waals surface area contributed by atoms with Gasteiger partial charge in [0.15, 0.2) is 0 Å². The van der Waals surface area contributed by atoms with Crippen LogP contribution in [0.3, 0.4) is 0 Å². The SMILES string of the molecule is CCOc1ccc(/C=C2\SC(=O)N(Cc3c(Cl)cccc3Cl)C2=O)cc1Cl. The highest BCUT2D eigenvalue weighted by molar-refractivity contribution is 8.18. The number of hydrogen-bond donors (Lipinski definition) is 0. The molecule has 2 amide bonds. The maximum absolute atomic E-state index is 12.7. The number of imide groups is 1. The molecule has 4 nitrogen and oxygen atoms in total. The molecule has 3 rings (SSSR count). The molecule has 0 radical (unpaired) electrons. The molecule has 0 saturated carbocycles. The summed E-state index contributed by atoms with van der Waals surface area (Å²) in [6.45, 7) is 2.39. The van der Waals surface area contributed by atoms with Crippen molar-refractivity contribution in [2.75, 3.05) is 6.61 Å². The van der Waals surface area contributed by atoms with Gasteiger partial charge in [0.25, 0.3) is 11.1 Å². The third-order valence-corrected chi connectivity index (χ3v) is 5.72. The Labute approximate surface area is 176 Å². The van der Waals surface area contributed by atoms with E-state index in [-0.39, 0.29) is 11.8 Å². The molecule has 2 aromatic carbocycles. The summed E-state index contributed by atoms with van der Waals surface area (Å²) in [5.41, 5.74) is 1.23. The first kappa shape index (κ1) is 20.1. The molecule has 0 spiro atoms. The summed E-state index contributed by atoms with van der Waals surface area (Å²) in [5, 5.41) is 0.875. The average molecular weight is 443 g/mol. The van der Waals surface area contributed by atoms with Crippen LogP contribution in [0.1, 0.15) is 18.1 Å². The molecule has 0 bridgehead atoms. The van der Waals surface area contributed by atoms with Crippen LogP contribution in [0.4, 0.5) is 4.79 Å². The second kappa shape index (κ2) is 8.57. The van der Waals surface area contributed by atoms with Crippen molar-refractivity contribution in [1.82, 2.24) is 4.90 Å². The van der Waals surface area contributed by atoms with E-state index in [2.05, 4.69) is 0 Å². The number of ether oxygens (including phenoxy) is 1. The zero-order valence-corrected chi connectivity index (χ0v) is 17.3. The standard InChI is InChI=1S/C19H14Cl3NO3S/c1-2-26-16-7-6-11(8-15(16)22)9-17-18(24)23(19(25)27-17)10-12-13(20)4-3-5-14(12)21/h3-9H,2,10H2,1H3/b17-9-. The lowest BCUT2D eigenvalue weighted by atomic mass is 10.2. The number of halogens is 3. The summed E-state index contributed by atoms with van der Waals surface area (Å²) in [7, 11) is 0. The van der Waals surface area contributed by atoms with E-state index in [1.165, 1.54) is 0 Å². The number of carbonyl (C=O) groups is 2. The van der Waals surface area contributed by atoms with Crippen molar-refractivity contribution in [3.8, 4) is 5.75 Å². The Balaban J connectivity index is 1.83. The third kappa shape index (κ3) is 4.43. The molecular formula is C19H14Cl3NO3S. The lowest BCUT2D eigenvalue weighted by Crippen LogP contribution is -2.27. The molecule has 1 fully saturated rings. The van der Waals surface area contributed by atoms with Gasteiger partial charge in [-0.15, -0.1) is 0 Å². The first-order valence-electron chi connectivity index (χ1n) is 8.01. The maximum atomic E-state index is 12.7. The molecule has 140 valence electrons. The van der Waals surface area contributed by atoms with Gasteiger partial charge in [-0.05, 0) is 54.6 Å². The molecule has 0 N–H and O–H groups in total. The van der Waals surface area contributed by atoms with Crippen LogP contribution in [0.15, 0.2) is 41.3 Å². The highest BCUT2D eigenvalue weighted by Gasteiger charge is 2.35. The molecule has 27 heavy (non-hydrogen) atoms. The zero-order valence-electron chi connectivity index (χ0n) is 14.2. The first-order chi connectivity index (χ1) is 12.9. The summed E-state index contributed by atoms with van der Waals surface area (Å²) in [6.07, 6.45) is 1.63. The predicted octanol–water partition coefficient (Wildman–Crippen LogP) is 6.28. The van der Waals surface area contributed by atoms with Crippen molar-refractivity contribution in [2.45, 2.75) is 13.5 Å². The van der Waals surface area contributed by atoms with E-state index < -0.39 is 5.91 Å². The smallest absolute Gasteiger partial charge is 0.293 e. The van der Waals surface area contributed by atoms with E-state index in [0.29, 0.717) is 43.5 Å². The number of amides is 2. The second-order valence-electron chi connectivity index (χ2n) is 5.59. The van der Waals surface area contributed by atoms with Crippen molar-refractivity contribution in [3.63, 3.8) is 0 Å². The van der Waals surface area contributed by atoms with Gasteiger partial charge in [-0.25, -0.2) is 0 Å². The highest BCUT2D eigenvalue weighted by atomic mass is 35.5. The van der Waals surface area contributed by atoms with E-state index in [9.17, 15) is 9.59 Å². The Morgan fingerprint density at radius 2 is 1.78 bits per heavy atom. The Hall–Kier alpha value is -1.66. The fourth-order valence-electron chi connectivity index (χ4n) is 2.51. The van der Waals surface area contributed by atoms with E-state index in [0.717, 1.165) is 16.7 Å². The highest BCUT2D eigenvalue weighted by Crippen LogP contribution is 2.36. The van der Waals surface area contributed by atoms with Crippen LogP contribution in [-0.2, 0) is 11.3 Å². The summed E-state index contributed by atoms with van der Waals surface area (Å²) in [4.78, 5) is 26.4. The summed E-state index contributed by atoms with van der Waals surface area (Å²) < 4.78 is 5.39. The van der Waals surface area contributed by atoms with Crippen molar-refractivity contribution >= 4 is 63.8 Å². The van der Waals surface area contributed by atoms with Gasteiger partial charge >= 0.3 is 0 Å². The summed E-state index contributed by atoms with van der Waals surface area (Å²) in [5.74, 6) is 0.170. The molecule has 1 heterocycles. The number of rotatable bonds is 5. The van der Waals surface area contributed by atoms with Gasteiger partial charge in [0.1, 0.15) is 5.75 Å². The number of thioether (sulfide) groups is 1. The second-order valence-corrected chi connectivity index (χ2v) is 7.81. The van der Waals surface area contributed by atoms with E-state index >= 15 is 0 Å². The lowest BCUT2D eigenvalue weighted by molar-refractivity contribution is -0.123. The first-order valence-corrected chi connectivity index (χ1v) is 9.96. The molecule has 0 aliphatic carbocycles. The summed E-state index contributed by atoms with van der Waals surface area (Å²) in [6, 6.07) is 10.2. The van der Waals surface area contributed by atoms with Crippen molar-refractivity contribution in [2.24, 2.45) is 0 Å². The minimum Gasteiger partial charge on any atom is -0.492 e. The van der Waals surface area contributed by atoms with Crippen molar-refractivity contribution in [3.05, 3.63) is 67.5 Å². The molecule has 0 atom stereocenters. The number of hydrogen-bond acceptors (Lipinski definition) is 4. The molecule has 2 aromatic rings. The van der Waals surface area contributed by atoms with Gasteiger partial charge in [-0.3, -0.25) is 14.5 Å². The average Bonchev–Trinajstić information content (AvgIpc) is 2.87. The van der Waals surface area contributed by atoms with E-state index in [4.69, 9.17) is 39.5 Å². The number of carbonyl (C=O) groups excluding carboxylic acids is 2. The van der Waals surface area contributed by atoms with Crippen LogP contribution < -0.4 is 4.74 Å². The van der Waals surface area contributed by atoms with Crippen LogP contribution in [0.5, 0.6) is 5.75 Å².